The van der Waals surface area contributed by atoms with E-state index < -0.39 is 5.60 Å². The Kier molecular flexibility index (Phi) is 5.90. The lowest BCUT2D eigenvalue weighted by atomic mass is 9.87. The Hall–Kier alpha value is -1.03. The number of carbonyl (C=O) groups is 1. The van der Waals surface area contributed by atoms with E-state index in [1.54, 1.807) is 4.90 Å². The number of hydrogen-bond donors (Lipinski definition) is 1. The fraction of sp³-hybridized carbons (Fsp3) is 0.833. The average Bonchev–Trinajstić information content (AvgIpc) is 2.44. The van der Waals surface area contributed by atoms with Crippen molar-refractivity contribution in [2.75, 3.05) is 19.6 Å². The minimum atomic E-state index is -0.416. The topological polar surface area (TPSA) is 41.6 Å². The van der Waals surface area contributed by atoms with Gasteiger partial charge in [0.05, 0.1) is 0 Å². The first-order chi connectivity index (χ1) is 10.3. The molecule has 1 saturated carbocycles. The van der Waals surface area contributed by atoms with Crippen molar-refractivity contribution in [3.63, 3.8) is 0 Å². The highest BCUT2D eigenvalue weighted by Gasteiger charge is 2.24. The normalized spacial score (nSPS) is 26.5. The highest BCUT2D eigenvalue weighted by molar-refractivity contribution is 5.68. The van der Waals surface area contributed by atoms with Gasteiger partial charge in [-0.1, -0.05) is 31.4 Å². The Morgan fingerprint density at radius 2 is 2.18 bits per heavy atom. The summed E-state index contributed by atoms with van der Waals surface area (Å²) in [6, 6.07) is 0.675. The summed E-state index contributed by atoms with van der Waals surface area (Å²) in [7, 11) is 0. The molecule has 0 bridgehead atoms. The molecule has 4 heteroatoms. The molecule has 1 aliphatic heterocycles. The summed E-state index contributed by atoms with van der Waals surface area (Å²) < 4.78 is 5.42. The predicted octanol–water partition coefficient (Wildman–Crippen LogP) is 3.72. The van der Waals surface area contributed by atoms with Gasteiger partial charge in [-0.25, -0.2) is 4.79 Å². The zero-order valence-electron chi connectivity index (χ0n) is 14.7. The fourth-order valence-corrected chi connectivity index (χ4v) is 3.26. The van der Waals surface area contributed by atoms with Crippen LogP contribution in [0.3, 0.4) is 0 Å². The number of nitrogens with zero attached hydrogens (tertiary/aromatic N) is 1. The summed E-state index contributed by atoms with van der Waals surface area (Å²) in [6.07, 6.45) is 8.28. The third kappa shape index (κ3) is 5.64. The molecule has 0 aromatic carbocycles. The second-order valence-electron chi connectivity index (χ2n) is 7.89. The SMILES string of the molecule is CC1CCCC(NCC2=CCN(C(=O)OC(C)(C)C)CC2)C1. The van der Waals surface area contributed by atoms with Gasteiger partial charge in [0, 0.05) is 25.7 Å². The average molecular weight is 308 g/mol. The molecule has 4 nitrogen and oxygen atoms in total. The van der Waals surface area contributed by atoms with Crippen LogP contribution in [0.4, 0.5) is 4.79 Å². The fourth-order valence-electron chi connectivity index (χ4n) is 3.26. The van der Waals surface area contributed by atoms with Gasteiger partial charge in [-0.05, 0) is 46.0 Å². The van der Waals surface area contributed by atoms with Gasteiger partial charge in [0.2, 0.25) is 0 Å². The lowest BCUT2D eigenvalue weighted by Gasteiger charge is -2.31. The van der Waals surface area contributed by atoms with Crippen LogP contribution in [0.5, 0.6) is 0 Å². The Morgan fingerprint density at radius 1 is 1.41 bits per heavy atom. The highest BCUT2D eigenvalue weighted by atomic mass is 16.6. The summed E-state index contributed by atoms with van der Waals surface area (Å²) in [5.41, 5.74) is 1.01. The van der Waals surface area contributed by atoms with Gasteiger partial charge in [-0.3, -0.25) is 0 Å². The summed E-state index contributed by atoms with van der Waals surface area (Å²) in [6.45, 7) is 10.5. The standard InChI is InChI=1S/C18H32N2O2/c1-14-6-5-7-16(12-14)19-13-15-8-10-20(11-9-15)17(21)22-18(2,3)4/h8,14,16,19H,5-7,9-13H2,1-4H3. The Morgan fingerprint density at radius 3 is 2.77 bits per heavy atom. The monoisotopic (exact) mass is 308 g/mol. The van der Waals surface area contributed by atoms with Crippen LogP contribution in [0, 0.1) is 5.92 Å². The first kappa shape index (κ1) is 17.3. The van der Waals surface area contributed by atoms with Crippen molar-refractivity contribution in [2.24, 2.45) is 5.92 Å². The lowest BCUT2D eigenvalue weighted by Crippen LogP contribution is -2.41. The van der Waals surface area contributed by atoms with Crippen LogP contribution in [0.1, 0.15) is 59.8 Å². The molecule has 22 heavy (non-hydrogen) atoms. The molecular formula is C18H32N2O2. The third-order valence-corrected chi connectivity index (χ3v) is 4.51. The summed E-state index contributed by atoms with van der Waals surface area (Å²) in [4.78, 5) is 13.8. The number of amides is 1. The van der Waals surface area contributed by atoms with E-state index in [1.165, 1.54) is 31.3 Å². The molecule has 1 heterocycles. The molecule has 1 fully saturated rings. The van der Waals surface area contributed by atoms with Crippen molar-refractivity contribution < 1.29 is 9.53 Å². The number of carbonyl (C=O) groups excluding carboxylic acids is 1. The van der Waals surface area contributed by atoms with Gasteiger partial charge in [0.15, 0.2) is 0 Å². The van der Waals surface area contributed by atoms with Crippen molar-refractivity contribution in [3.8, 4) is 0 Å². The van der Waals surface area contributed by atoms with E-state index in [2.05, 4.69) is 18.3 Å². The van der Waals surface area contributed by atoms with Crippen molar-refractivity contribution >= 4 is 6.09 Å². The maximum absolute atomic E-state index is 12.0. The second kappa shape index (κ2) is 7.49. The molecule has 2 unspecified atom stereocenters. The zero-order valence-corrected chi connectivity index (χ0v) is 14.7. The summed E-state index contributed by atoms with van der Waals surface area (Å²) >= 11 is 0. The molecule has 0 spiro atoms. The highest BCUT2D eigenvalue weighted by Crippen LogP contribution is 2.24. The molecule has 1 aliphatic carbocycles. The largest absolute Gasteiger partial charge is 0.444 e. The van der Waals surface area contributed by atoms with Crippen LogP contribution in [-0.2, 0) is 4.74 Å². The van der Waals surface area contributed by atoms with E-state index >= 15 is 0 Å². The van der Waals surface area contributed by atoms with E-state index in [9.17, 15) is 4.79 Å². The van der Waals surface area contributed by atoms with Crippen LogP contribution >= 0.6 is 0 Å². The van der Waals surface area contributed by atoms with Crippen molar-refractivity contribution in [2.45, 2.75) is 71.4 Å². The Bertz CT molecular complexity index is 412. The first-order valence-electron chi connectivity index (χ1n) is 8.73. The Labute approximate surface area is 135 Å². The molecular weight excluding hydrogens is 276 g/mol. The van der Waals surface area contributed by atoms with Crippen LogP contribution in [0.2, 0.25) is 0 Å². The van der Waals surface area contributed by atoms with Crippen LogP contribution < -0.4 is 5.32 Å². The maximum atomic E-state index is 12.0. The Balaban J connectivity index is 1.73. The second-order valence-corrected chi connectivity index (χ2v) is 7.89. The molecule has 0 radical (unpaired) electrons. The van der Waals surface area contributed by atoms with Gasteiger partial charge in [-0.2, -0.15) is 0 Å². The van der Waals surface area contributed by atoms with E-state index in [1.807, 2.05) is 20.8 Å². The van der Waals surface area contributed by atoms with Crippen LogP contribution in [0.15, 0.2) is 11.6 Å². The smallest absolute Gasteiger partial charge is 0.410 e. The third-order valence-electron chi connectivity index (χ3n) is 4.51. The molecule has 126 valence electrons. The van der Waals surface area contributed by atoms with Crippen molar-refractivity contribution in [1.82, 2.24) is 10.2 Å². The molecule has 2 rings (SSSR count). The molecule has 0 aromatic heterocycles. The zero-order chi connectivity index (χ0) is 16.2. The van der Waals surface area contributed by atoms with E-state index in [0.717, 1.165) is 25.4 Å². The quantitative estimate of drug-likeness (QED) is 0.808. The van der Waals surface area contributed by atoms with Crippen molar-refractivity contribution in [1.29, 1.82) is 0 Å². The van der Waals surface area contributed by atoms with Crippen molar-refractivity contribution in [3.05, 3.63) is 11.6 Å². The van der Waals surface area contributed by atoms with Gasteiger partial charge in [-0.15, -0.1) is 0 Å². The molecule has 1 N–H and O–H groups in total. The number of rotatable bonds is 3. The molecule has 0 saturated heterocycles. The van der Waals surface area contributed by atoms with Crippen LogP contribution in [-0.4, -0.2) is 42.3 Å². The molecule has 0 aromatic rings. The molecule has 1 amide bonds. The maximum Gasteiger partial charge on any atom is 0.410 e. The first-order valence-corrected chi connectivity index (χ1v) is 8.73. The number of hydrogen-bond acceptors (Lipinski definition) is 3. The van der Waals surface area contributed by atoms with E-state index in [4.69, 9.17) is 4.74 Å². The summed E-state index contributed by atoms with van der Waals surface area (Å²) in [5.74, 6) is 0.856. The van der Waals surface area contributed by atoms with Crippen LogP contribution in [0.25, 0.3) is 0 Å². The minimum absolute atomic E-state index is 0.197. The molecule has 2 atom stereocenters. The van der Waals surface area contributed by atoms with E-state index in [0.29, 0.717) is 12.6 Å². The van der Waals surface area contributed by atoms with Gasteiger partial charge < -0.3 is 15.0 Å². The van der Waals surface area contributed by atoms with Gasteiger partial charge in [0.1, 0.15) is 5.60 Å². The molecule has 2 aliphatic rings. The summed E-state index contributed by atoms with van der Waals surface area (Å²) in [5, 5.41) is 3.70. The van der Waals surface area contributed by atoms with E-state index in [-0.39, 0.29) is 6.09 Å². The predicted molar refractivity (Wildman–Crippen MR) is 89.9 cm³/mol. The number of nitrogens with one attached hydrogen (secondary N) is 1. The van der Waals surface area contributed by atoms with Gasteiger partial charge >= 0.3 is 6.09 Å². The van der Waals surface area contributed by atoms with Gasteiger partial charge in [0.25, 0.3) is 0 Å². The number of ether oxygens (including phenoxy) is 1. The minimum Gasteiger partial charge on any atom is -0.444 e. The lowest BCUT2D eigenvalue weighted by molar-refractivity contribution is 0.0265.